The monoisotopic (exact) mass is 124 g/mol. The van der Waals surface area contributed by atoms with Crippen molar-refractivity contribution in [3.05, 3.63) is 24.8 Å². The molecule has 0 bridgehead atoms. The highest BCUT2D eigenvalue weighted by atomic mass is 16.1. The van der Waals surface area contributed by atoms with Crippen molar-refractivity contribution in [3.63, 3.8) is 0 Å². The zero-order chi connectivity index (χ0) is 7.11. The summed E-state index contributed by atoms with van der Waals surface area (Å²) in [5, 5.41) is 0. The van der Waals surface area contributed by atoms with E-state index in [9.17, 15) is 4.79 Å². The molecular weight excluding hydrogens is 112 g/mol. The number of carbonyl (C=O) groups excluding carboxylic acids is 1. The topological polar surface area (TPSA) is 17.1 Å². The molecule has 0 saturated carbocycles. The minimum absolute atomic E-state index is 0.225. The molecule has 0 aromatic heterocycles. The summed E-state index contributed by atoms with van der Waals surface area (Å²) in [5.41, 5.74) is 0. The van der Waals surface area contributed by atoms with Gasteiger partial charge in [0, 0.05) is 12.8 Å². The standard InChI is InChI=1S/C8H12O/c1-3-5-7-8(9)6-4-2/h3-5H,2,6-7H2,1H3. The van der Waals surface area contributed by atoms with Crippen LogP contribution >= 0.6 is 0 Å². The molecule has 0 unspecified atom stereocenters. The van der Waals surface area contributed by atoms with Gasteiger partial charge >= 0.3 is 0 Å². The van der Waals surface area contributed by atoms with Gasteiger partial charge in [-0.2, -0.15) is 0 Å². The van der Waals surface area contributed by atoms with E-state index in [2.05, 4.69) is 6.58 Å². The van der Waals surface area contributed by atoms with Crippen molar-refractivity contribution >= 4 is 5.78 Å². The summed E-state index contributed by atoms with van der Waals surface area (Å²) >= 11 is 0. The fourth-order valence-corrected chi connectivity index (χ4v) is 0.494. The molecule has 0 aromatic rings. The van der Waals surface area contributed by atoms with Gasteiger partial charge in [-0.05, 0) is 6.92 Å². The van der Waals surface area contributed by atoms with E-state index in [-0.39, 0.29) is 5.78 Å². The SMILES string of the molecule is C=CCC(=O)CC=CC. The molecule has 0 aliphatic rings. The van der Waals surface area contributed by atoms with Crippen LogP contribution in [0.4, 0.5) is 0 Å². The van der Waals surface area contributed by atoms with Crippen LogP contribution in [0.15, 0.2) is 24.8 Å². The molecule has 1 nitrogen and oxygen atoms in total. The first kappa shape index (κ1) is 8.15. The first-order valence-corrected chi connectivity index (χ1v) is 3.05. The Balaban J connectivity index is 3.38. The Morgan fingerprint density at radius 3 is 2.67 bits per heavy atom. The lowest BCUT2D eigenvalue weighted by Gasteiger charge is -1.86. The molecule has 50 valence electrons. The quantitative estimate of drug-likeness (QED) is 0.524. The largest absolute Gasteiger partial charge is 0.299 e. The molecule has 0 aromatic carbocycles. The summed E-state index contributed by atoms with van der Waals surface area (Å²) in [6, 6.07) is 0. The molecule has 0 rings (SSSR count). The van der Waals surface area contributed by atoms with Crippen LogP contribution in [0, 0.1) is 0 Å². The third kappa shape index (κ3) is 5.01. The van der Waals surface area contributed by atoms with E-state index in [4.69, 9.17) is 0 Å². The summed E-state index contributed by atoms with van der Waals surface area (Å²) in [6.45, 7) is 5.37. The Morgan fingerprint density at radius 1 is 1.56 bits per heavy atom. The lowest BCUT2D eigenvalue weighted by atomic mass is 10.2. The van der Waals surface area contributed by atoms with Crippen LogP contribution in [0.2, 0.25) is 0 Å². The van der Waals surface area contributed by atoms with Gasteiger partial charge in [0.15, 0.2) is 0 Å². The van der Waals surface area contributed by atoms with Crippen LogP contribution in [0.1, 0.15) is 19.8 Å². The number of hydrogen-bond acceptors (Lipinski definition) is 1. The van der Waals surface area contributed by atoms with Crippen LogP contribution in [-0.2, 0) is 4.79 Å². The average molecular weight is 124 g/mol. The second-order valence-corrected chi connectivity index (χ2v) is 1.80. The Labute approximate surface area is 56.1 Å². The van der Waals surface area contributed by atoms with Gasteiger partial charge in [-0.15, -0.1) is 6.58 Å². The molecule has 0 radical (unpaired) electrons. The minimum atomic E-state index is 0.225. The van der Waals surface area contributed by atoms with E-state index >= 15 is 0 Å². The van der Waals surface area contributed by atoms with Crippen LogP contribution in [0.3, 0.4) is 0 Å². The van der Waals surface area contributed by atoms with Gasteiger partial charge in [0.25, 0.3) is 0 Å². The summed E-state index contributed by atoms with van der Waals surface area (Å²) in [7, 11) is 0. The van der Waals surface area contributed by atoms with Gasteiger partial charge in [0.05, 0.1) is 0 Å². The van der Waals surface area contributed by atoms with E-state index in [0.29, 0.717) is 12.8 Å². The molecule has 0 N–H and O–H groups in total. The predicted octanol–water partition coefficient (Wildman–Crippen LogP) is 2.10. The molecule has 0 saturated heterocycles. The molecule has 1 heteroatoms. The molecule has 0 atom stereocenters. The number of hydrogen-bond donors (Lipinski definition) is 0. The summed E-state index contributed by atoms with van der Waals surface area (Å²) in [6.07, 6.45) is 6.39. The molecular formula is C8H12O. The molecule has 0 spiro atoms. The van der Waals surface area contributed by atoms with Crippen molar-refractivity contribution in [2.24, 2.45) is 0 Å². The highest BCUT2D eigenvalue weighted by molar-refractivity contribution is 5.81. The number of carbonyl (C=O) groups is 1. The van der Waals surface area contributed by atoms with Crippen molar-refractivity contribution in [2.45, 2.75) is 19.8 Å². The maximum Gasteiger partial charge on any atom is 0.140 e. The highest BCUT2D eigenvalue weighted by Crippen LogP contribution is 1.90. The number of ketones is 1. The van der Waals surface area contributed by atoms with Gasteiger partial charge in [-0.25, -0.2) is 0 Å². The highest BCUT2D eigenvalue weighted by Gasteiger charge is 1.91. The lowest BCUT2D eigenvalue weighted by Crippen LogP contribution is -1.91. The van der Waals surface area contributed by atoms with Gasteiger partial charge < -0.3 is 0 Å². The van der Waals surface area contributed by atoms with Gasteiger partial charge in [0.2, 0.25) is 0 Å². The molecule has 9 heavy (non-hydrogen) atoms. The fraction of sp³-hybridized carbons (Fsp3) is 0.375. The van der Waals surface area contributed by atoms with Gasteiger partial charge in [0.1, 0.15) is 5.78 Å². The Kier molecular flexibility index (Phi) is 4.79. The molecule has 0 heterocycles. The van der Waals surface area contributed by atoms with Crippen LogP contribution in [0.5, 0.6) is 0 Å². The van der Waals surface area contributed by atoms with Gasteiger partial charge in [-0.3, -0.25) is 4.79 Å². The second kappa shape index (κ2) is 5.29. The Hall–Kier alpha value is -0.850. The minimum Gasteiger partial charge on any atom is -0.299 e. The zero-order valence-electron chi connectivity index (χ0n) is 5.76. The smallest absolute Gasteiger partial charge is 0.140 e. The maximum atomic E-state index is 10.7. The maximum absolute atomic E-state index is 10.7. The van der Waals surface area contributed by atoms with Crippen molar-refractivity contribution in [3.8, 4) is 0 Å². The van der Waals surface area contributed by atoms with Crippen LogP contribution < -0.4 is 0 Å². The summed E-state index contributed by atoms with van der Waals surface area (Å²) < 4.78 is 0. The van der Waals surface area contributed by atoms with Crippen molar-refractivity contribution in [1.29, 1.82) is 0 Å². The first-order valence-electron chi connectivity index (χ1n) is 3.05. The first-order chi connectivity index (χ1) is 4.31. The molecule has 0 fully saturated rings. The van der Waals surface area contributed by atoms with E-state index in [1.807, 2.05) is 19.1 Å². The van der Waals surface area contributed by atoms with Crippen molar-refractivity contribution < 1.29 is 4.79 Å². The number of Topliss-reactive ketones (excluding diaryl/α,β-unsaturated/α-hetero) is 1. The predicted molar refractivity (Wildman–Crippen MR) is 39.3 cm³/mol. The van der Waals surface area contributed by atoms with E-state index in [0.717, 1.165) is 0 Å². The van der Waals surface area contributed by atoms with Crippen molar-refractivity contribution in [2.75, 3.05) is 0 Å². The summed E-state index contributed by atoms with van der Waals surface area (Å²) in [4.78, 5) is 10.7. The second-order valence-electron chi connectivity index (χ2n) is 1.80. The molecule has 0 amide bonds. The average Bonchev–Trinajstić information content (AvgIpc) is 1.85. The van der Waals surface area contributed by atoms with Crippen LogP contribution in [-0.4, -0.2) is 5.78 Å². The molecule has 0 aliphatic carbocycles. The van der Waals surface area contributed by atoms with Crippen LogP contribution in [0.25, 0.3) is 0 Å². The summed E-state index contributed by atoms with van der Waals surface area (Å²) in [5.74, 6) is 0.225. The van der Waals surface area contributed by atoms with Crippen molar-refractivity contribution in [1.82, 2.24) is 0 Å². The Bertz CT molecular complexity index is 123. The number of allylic oxidation sites excluding steroid dienone is 3. The van der Waals surface area contributed by atoms with E-state index in [1.165, 1.54) is 0 Å². The third-order valence-corrected chi connectivity index (χ3v) is 0.953. The van der Waals surface area contributed by atoms with E-state index in [1.54, 1.807) is 6.08 Å². The Morgan fingerprint density at radius 2 is 2.22 bits per heavy atom. The third-order valence-electron chi connectivity index (χ3n) is 0.953. The molecule has 0 aliphatic heterocycles. The zero-order valence-corrected chi connectivity index (χ0v) is 5.76. The normalized spacial score (nSPS) is 9.89. The van der Waals surface area contributed by atoms with E-state index < -0.39 is 0 Å². The lowest BCUT2D eigenvalue weighted by molar-refractivity contribution is -0.117. The number of rotatable bonds is 4. The van der Waals surface area contributed by atoms with Gasteiger partial charge in [-0.1, -0.05) is 18.2 Å². The fourth-order valence-electron chi connectivity index (χ4n) is 0.494.